The second kappa shape index (κ2) is 9.09. The molecule has 0 spiro atoms. The summed E-state index contributed by atoms with van der Waals surface area (Å²) in [4.78, 5) is 2.15. The van der Waals surface area contributed by atoms with E-state index in [4.69, 9.17) is 9.15 Å². The number of ether oxygens (including phenoxy) is 1. The first-order valence-corrected chi connectivity index (χ1v) is 10.4. The molecule has 0 radical (unpaired) electrons. The molecule has 5 nitrogen and oxygen atoms in total. The molecule has 0 unspecified atom stereocenters. The zero-order chi connectivity index (χ0) is 20.9. The highest BCUT2D eigenvalue weighted by atomic mass is 16.5. The van der Waals surface area contributed by atoms with Gasteiger partial charge in [-0.15, -0.1) is 10.2 Å². The van der Waals surface area contributed by atoms with E-state index in [0.29, 0.717) is 11.8 Å². The van der Waals surface area contributed by atoms with E-state index in [2.05, 4.69) is 65.6 Å². The summed E-state index contributed by atoms with van der Waals surface area (Å²) in [6, 6.07) is 14.2. The lowest BCUT2D eigenvalue weighted by atomic mass is 10.1. The first kappa shape index (κ1) is 20.1. The second-order valence-electron chi connectivity index (χ2n) is 7.63. The molecule has 5 rings (SSSR count). The van der Waals surface area contributed by atoms with Crippen molar-refractivity contribution in [3.8, 4) is 17.2 Å². The summed E-state index contributed by atoms with van der Waals surface area (Å²) in [5.41, 5.74) is 6.51. The number of aromatic nitrogens is 2. The van der Waals surface area contributed by atoms with Crippen LogP contribution in [-0.2, 0) is 6.42 Å². The summed E-state index contributed by atoms with van der Waals surface area (Å²) in [7, 11) is 4.12. The standard InChI is InChI=1S/C15H21N3O2.C10H6/c1-4-14-16-17-15(20-14)12-6-8-13(9-7-12)19-11-5-10-18(2)3;1-2-7-6-8-4-5-10(7)9(8)3-1/h6-9H,4-5,10-11H2,1-3H3;1-6H. The Hall–Kier alpha value is -3.18. The second-order valence-corrected chi connectivity index (χ2v) is 7.63. The van der Waals surface area contributed by atoms with E-state index < -0.39 is 0 Å². The number of benzene rings is 2. The largest absolute Gasteiger partial charge is 0.494 e. The number of hydrogen-bond donors (Lipinski definition) is 0. The van der Waals surface area contributed by atoms with Crippen molar-refractivity contribution in [2.24, 2.45) is 0 Å². The van der Waals surface area contributed by atoms with Crippen LogP contribution in [0.4, 0.5) is 0 Å². The summed E-state index contributed by atoms with van der Waals surface area (Å²) in [5, 5.41) is 7.98. The van der Waals surface area contributed by atoms with Crippen molar-refractivity contribution in [3.63, 3.8) is 0 Å². The van der Waals surface area contributed by atoms with Gasteiger partial charge in [0.1, 0.15) is 5.75 Å². The molecule has 4 bridgehead atoms. The van der Waals surface area contributed by atoms with Crippen LogP contribution < -0.4 is 4.74 Å². The first-order chi connectivity index (χ1) is 14.6. The van der Waals surface area contributed by atoms with Gasteiger partial charge in [0.05, 0.1) is 6.61 Å². The molecule has 0 saturated heterocycles. The minimum Gasteiger partial charge on any atom is -0.494 e. The molecule has 0 N–H and O–H groups in total. The maximum Gasteiger partial charge on any atom is 0.247 e. The van der Waals surface area contributed by atoms with Gasteiger partial charge in [-0.1, -0.05) is 37.3 Å². The molecule has 2 aromatic carbocycles. The SMILES string of the molecule is C1=Cc2c3cccc2C1=C3.CCc1nnc(-c2ccc(OCCCN(C)C)cc2)o1. The van der Waals surface area contributed by atoms with Gasteiger partial charge in [0.25, 0.3) is 0 Å². The van der Waals surface area contributed by atoms with Crippen LogP contribution in [0.15, 0.2) is 53.0 Å². The van der Waals surface area contributed by atoms with Gasteiger partial charge in [0.15, 0.2) is 0 Å². The lowest BCUT2D eigenvalue weighted by Crippen LogP contribution is -2.15. The van der Waals surface area contributed by atoms with Gasteiger partial charge >= 0.3 is 0 Å². The molecular formula is C25H27N3O2. The van der Waals surface area contributed by atoms with Crippen molar-refractivity contribution < 1.29 is 9.15 Å². The number of rotatable bonds is 7. The number of nitrogens with zero attached hydrogens (tertiary/aromatic N) is 3. The number of allylic oxidation sites excluding steroid dienone is 2. The monoisotopic (exact) mass is 401 g/mol. The summed E-state index contributed by atoms with van der Waals surface area (Å²) in [6.45, 7) is 3.74. The molecule has 2 aliphatic rings. The molecule has 0 amide bonds. The predicted molar refractivity (Wildman–Crippen MR) is 121 cm³/mol. The topological polar surface area (TPSA) is 51.4 Å². The lowest BCUT2D eigenvalue weighted by Gasteiger charge is -2.10. The quantitative estimate of drug-likeness (QED) is 0.510. The molecule has 154 valence electrons. The predicted octanol–water partition coefficient (Wildman–Crippen LogP) is 5.20. The molecule has 0 fully saturated rings. The van der Waals surface area contributed by atoms with E-state index in [1.165, 1.54) is 22.3 Å². The molecule has 0 saturated carbocycles. The van der Waals surface area contributed by atoms with E-state index in [0.717, 1.165) is 37.3 Å². The summed E-state index contributed by atoms with van der Waals surface area (Å²) >= 11 is 0. The van der Waals surface area contributed by atoms with Crippen molar-refractivity contribution in [1.29, 1.82) is 0 Å². The van der Waals surface area contributed by atoms with Crippen molar-refractivity contribution >= 4 is 17.7 Å². The number of hydrogen-bond acceptors (Lipinski definition) is 5. The van der Waals surface area contributed by atoms with E-state index in [1.54, 1.807) is 0 Å². The molecule has 0 aliphatic heterocycles. The van der Waals surface area contributed by atoms with Gasteiger partial charge < -0.3 is 14.1 Å². The molecular weight excluding hydrogens is 374 g/mol. The van der Waals surface area contributed by atoms with Gasteiger partial charge in [-0.2, -0.15) is 0 Å². The third-order valence-electron chi connectivity index (χ3n) is 5.08. The Labute approximate surface area is 177 Å². The van der Waals surface area contributed by atoms with Gasteiger partial charge in [0, 0.05) is 18.5 Å². The Morgan fingerprint density at radius 1 is 1.00 bits per heavy atom. The van der Waals surface area contributed by atoms with E-state index in [-0.39, 0.29) is 0 Å². The highest BCUT2D eigenvalue weighted by Gasteiger charge is 2.18. The average molecular weight is 402 g/mol. The third kappa shape index (κ3) is 4.52. The Kier molecular flexibility index (Phi) is 6.10. The van der Waals surface area contributed by atoms with Crippen LogP contribution in [0.1, 0.15) is 35.9 Å². The highest BCUT2D eigenvalue weighted by Crippen LogP contribution is 2.39. The van der Waals surface area contributed by atoms with E-state index in [1.807, 2.05) is 31.2 Å². The van der Waals surface area contributed by atoms with E-state index in [9.17, 15) is 0 Å². The van der Waals surface area contributed by atoms with E-state index >= 15 is 0 Å². The number of aryl methyl sites for hydroxylation is 1. The molecule has 1 aromatic heterocycles. The fraction of sp³-hybridized carbons (Fsp3) is 0.280. The average Bonchev–Trinajstić information content (AvgIpc) is 3.45. The minimum absolute atomic E-state index is 0.556. The van der Waals surface area contributed by atoms with Crippen molar-refractivity contribution in [3.05, 3.63) is 71.1 Å². The van der Waals surface area contributed by atoms with Crippen LogP contribution in [0.2, 0.25) is 0 Å². The van der Waals surface area contributed by atoms with Crippen LogP contribution in [-0.4, -0.2) is 42.3 Å². The Balaban J connectivity index is 0.000000178. The Morgan fingerprint density at radius 2 is 1.83 bits per heavy atom. The molecule has 1 heterocycles. The molecule has 2 aliphatic carbocycles. The fourth-order valence-electron chi connectivity index (χ4n) is 3.48. The zero-order valence-corrected chi connectivity index (χ0v) is 17.8. The fourth-order valence-corrected chi connectivity index (χ4v) is 3.48. The summed E-state index contributed by atoms with van der Waals surface area (Å²) in [6.07, 6.45) is 8.38. The minimum atomic E-state index is 0.556. The molecule has 0 atom stereocenters. The van der Waals surface area contributed by atoms with Gasteiger partial charge in [-0.3, -0.25) is 0 Å². The Bertz CT molecular complexity index is 1060. The smallest absolute Gasteiger partial charge is 0.247 e. The summed E-state index contributed by atoms with van der Waals surface area (Å²) in [5.74, 6) is 2.08. The lowest BCUT2D eigenvalue weighted by molar-refractivity contribution is 0.281. The van der Waals surface area contributed by atoms with Crippen molar-refractivity contribution in [2.75, 3.05) is 27.2 Å². The molecule has 5 heteroatoms. The zero-order valence-electron chi connectivity index (χ0n) is 17.8. The molecule has 30 heavy (non-hydrogen) atoms. The van der Waals surface area contributed by atoms with Crippen LogP contribution >= 0.6 is 0 Å². The van der Waals surface area contributed by atoms with Gasteiger partial charge in [0.2, 0.25) is 11.8 Å². The summed E-state index contributed by atoms with van der Waals surface area (Å²) < 4.78 is 11.2. The van der Waals surface area contributed by atoms with Crippen molar-refractivity contribution in [2.45, 2.75) is 19.8 Å². The maximum absolute atomic E-state index is 5.68. The van der Waals surface area contributed by atoms with Crippen LogP contribution in [0.5, 0.6) is 5.75 Å². The first-order valence-electron chi connectivity index (χ1n) is 10.4. The van der Waals surface area contributed by atoms with Crippen molar-refractivity contribution in [1.82, 2.24) is 15.1 Å². The maximum atomic E-state index is 5.68. The normalized spacial score (nSPS) is 12.7. The van der Waals surface area contributed by atoms with Gasteiger partial charge in [-0.05, 0) is 73.1 Å². The van der Waals surface area contributed by atoms with Crippen LogP contribution in [0.25, 0.3) is 29.2 Å². The molecule has 3 aromatic rings. The van der Waals surface area contributed by atoms with Gasteiger partial charge in [-0.25, -0.2) is 0 Å². The highest BCUT2D eigenvalue weighted by molar-refractivity contribution is 6.05. The van der Waals surface area contributed by atoms with Crippen LogP contribution in [0.3, 0.4) is 0 Å². The Morgan fingerprint density at radius 3 is 2.50 bits per heavy atom. The third-order valence-corrected chi connectivity index (χ3v) is 5.08. The van der Waals surface area contributed by atoms with Crippen LogP contribution in [0, 0.1) is 0 Å².